The molecule has 154 valence electrons. The summed E-state index contributed by atoms with van der Waals surface area (Å²) in [4.78, 5) is 25.6. The maximum absolute atomic E-state index is 14.6. The van der Waals surface area contributed by atoms with E-state index in [4.69, 9.17) is 0 Å². The smallest absolute Gasteiger partial charge is 0.291 e. The van der Waals surface area contributed by atoms with Crippen LogP contribution in [0.4, 0.5) is 4.39 Å². The third kappa shape index (κ3) is 3.95. The quantitative estimate of drug-likeness (QED) is 0.721. The number of carbonyl (C=O) groups is 2. The summed E-state index contributed by atoms with van der Waals surface area (Å²) in [6, 6.07) is 11.8. The molecule has 0 saturated heterocycles. The van der Waals surface area contributed by atoms with Gasteiger partial charge in [0.1, 0.15) is 5.82 Å². The monoisotopic (exact) mass is 405 g/mol. The summed E-state index contributed by atoms with van der Waals surface area (Å²) in [6.07, 6.45) is 4.31. The SMILES string of the molecule is CN(C)C(=O)c1ccc(-c2cc(CC3N=NC(=O)C4=C3CCCC4)ccc2F)cc1. The zero-order valence-corrected chi connectivity index (χ0v) is 17.2. The number of hydrogen-bond acceptors (Lipinski definition) is 3. The third-order valence-electron chi connectivity index (χ3n) is 5.77. The molecule has 1 aliphatic carbocycles. The van der Waals surface area contributed by atoms with Gasteiger partial charge in [0, 0.05) is 37.2 Å². The van der Waals surface area contributed by atoms with Gasteiger partial charge in [0.25, 0.3) is 11.8 Å². The summed E-state index contributed by atoms with van der Waals surface area (Å²) in [7, 11) is 3.39. The Balaban J connectivity index is 1.60. The predicted octanol–water partition coefficient (Wildman–Crippen LogP) is 4.97. The molecule has 0 N–H and O–H groups in total. The van der Waals surface area contributed by atoms with Gasteiger partial charge in [-0.1, -0.05) is 18.2 Å². The van der Waals surface area contributed by atoms with Crippen LogP contribution >= 0.6 is 0 Å². The van der Waals surface area contributed by atoms with Crippen LogP contribution in [0.1, 0.15) is 41.6 Å². The van der Waals surface area contributed by atoms with Crippen molar-refractivity contribution in [1.82, 2.24) is 4.90 Å². The Bertz CT molecular complexity index is 1050. The molecule has 0 bridgehead atoms. The highest BCUT2D eigenvalue weighted by Gasteiger charge is 2.29. The van der Waals surface area contributed by atoms with E-state index in [0.717, 1.165) is 42.4 Å². The zero-order valence-electron chi connectivity index (χ0n) is 17.2. The maximum atomic E-state index is 14.6. The fraction of sp³-hybridized carbons (Fsp3) is 0.333. The van der Waals surface area contributed by atoms with Gasteiger partial charge < -0.3 is 4.90 Å². The number of rotatable bonds is 4. The standard InChI is InChI=1S/C24H24FN3O2/c1-28(2)24(30)17-10-8-16(9-11-17)20-13-15(7-12-21(20)25)14-22-18-5-3-4-6-19(18)23(29)27-26-22/h7-13,22H,3-6,14H2,1-2H3. The van der Waals surface area contributed by atoms with Crippen molar-refractivity contribution in [2.24, 2.45) is 10.2 Å². The van der Waals surface area contributed by atoms with E-state index in [1.165, 1.54) is 11.0 Å². The molecule has 0 saturated carbocycles. The molecule has 5 nitrogen and oxygen atoms in total. The summed E-state index contributed by atoms with van der Waals surface area (Å²) in [6.45, 7) is 0. The molecule has 1 atom stereocenters. The normalized spacial score (nSPS) is 18.4. The van der Waals surface area contributed by atoms with E-state index in [9.17, 15) is 14.0 Å². The average Bonchev–Trinajstić information content (AvgIpc) is 2.76. The Kier molecular flexibility index (Phi) is 5.57. The van der Waals surface area contributed by atoms with Crippen LogP contribution in [0.15, 0.2) is 63.8 Å². The molecule has 2 aliphatic rings. The van der Waals surface area contributed by atoms with Crippen LogP contribution in [0.2, 0.25) is 0 Å². The Morgan fingerprint density at radius 2 is 1.83 bits per heavy atom. The first kappa shape index (κ1) is 20.1. The van der Waals surface area contributed by atoms with Crippen LogP contribution in [-0.4, -0.2) is 36.9 Å². The lowest BCUT2D eigenvalue weighted by Gasteiger charge is -2.26. The van der Waals surface area contributed by atoms with Gasteiger partial charge in [-0.3, -0.25) is 9.59 Å². The predicted molar refractivity (Wildman–Crippen MR) is 113 cm³/mol. The molecule has 2 aromatic carbocycles. The van der Waals surface area contributed by atoms with Crippen molar-refractivity contribution in [2.45, 2.75) is 38.1 Å². The van der Waals surface area contributed by atoms with E-state index in [-0.39, 0.29) is 23.7 Å². The van der Waals surface area contributed by atoms with E-state index in [0.29, 0.717) is 23.1 Å². The molecule has 0 fully saturated rings. The minimum absolute atomic E-state index is 0.0930. The summed E-state index contributed by atoms with van der Waals surface area (Å²) in [5, 5.41) is 8.09. The van der Waals surface area contributed by atoms with Crippen LogP contribution in [-0.2, 0) is 11.2 Å². The van der Waals surface area contributed by atoms with Crippen molar-refractivity contribution < 1.29 is 14.0 Å². The van der Waals surface area contributed by atoms with Crippen molar-refractivity contribution in [3.63, 3.8) is 0 Å². The van der Waals surface area contributed by atoms with Crippen LogP contribution in [0.5, 0.6) is 0 Å². The van der Waals surface area contributed by atoms with Crippen molar-refractivity contribution >= 4 is 11.8 Å². The Labute approximate surface area is 175 Å². The lowest BCUT2D eigenvalue weighted by atomic mass is 9.84. The Morgan fingerprint density at radius 3 is 2.57 bits per heavy atom. The van der Waals surface area contributed by atoms with Gasteiger partial charge in [0.15, 0.2) is 0 Å². The Hall–Kier alpha value is -3.15. The first-order valence-corrected chi connectivity index (χ1v) is 10.2. The van der Waals surface area contributed by atoms with Crippen LogP contribution in [0.3, 0.4) is 0 Å². The largest absolute Gasteiger partial charge is 0.345 e. The third-order valence-corrected chi connectivity index (χ3v) is 5.77. The second kappa shape index (κ2) is 8.30. The zero-order chi connectivity index (χ0) is 21.3. The maximum Gasteiger partial charge on any atom is 0.291 e. The molecular formula is C24H24FN3O2. The highest BCUT2D eigenvalue weighted by Crippen LogP contribution is 2.34. The molecule has 1 heterocycles. The number of nitrogens with zero attached hydrogens (tertiary/aromatic N) is 3. The molecular weight excluding hydrogens is 381 g/mol. The second-order valence-corrected chi connectivity index (χ2v) is 8.04. The van der Waals surface area contributed by atoms with Crippen LogP contribution in [0, 0.1) is 5.82 Å². The first-order chi connectivity index (χ1) is 14.4. The fourth-order valence-corrected chi connectivity index (χ4v) is 4.15. The van der Waals surface area contributed by atoms with Gasteiger partial charge >= 0.3 is 0 Å². The number of azo groups is 1. The van der Waals surface area contributed by atoms with Gasteiger partial charge in [-0.25, -0.2) is 4.39 Å². The van der Waals surface area contributed by atoms with E-state index >= 15 is 0 Å². The minimum Gasteiger partial charge on any atom is -0.345 e. The van der Waals surface area contributed by atoms with Crippen LogP contribution < -0.4 is 0 Å². The highest BCUT2D eigenvalue weighted by molar-refractivity contribution is 5.95. The van der Waals surface area contributed by atoms with Gasteiger partial charge in [0.2, 0.25) is 0 Å². The van der Waals surface area contributed by atoms with Gasteiger partial charge in [0.05, 0.1) is 6.04 Å². The lowest BCUT2D eigenvalue weighted by Crippen LogP contribution is -2.23. The molecule has 1 aliphatic heterocycles. The Morgan fingerprint density at radius 1 is 1.10 bits per heavy atom. The molecule has 30 heavy (non-hydrogen) atoms. The van der Waals surface area contributed by atoms with Crippen molar-refractivity contribution in [1.29, 1.82) is 0 Å². The number of hydrogen-bond donors (Lipinski definition) is 0. The summed E-state index contributed by atoms with van der Waals surface area (Å²) < 4.78 is 14.6. The summed E-state index contributed by atoms with van der Waals surface area (Å²) >= 11 is 0. The molecule has 0 spiro atoms. The summed E-state index contributed by atoms with van der Waals surface area (Å²) in [5.41, 5.74) is 4.61. The molecule has 1 unspecified atom stereocenters. The van der Waals surface area contributed by atoms with Gasteiger partial charge in [-0.15, -0.1) is 5.11 Å². The number of benzene rings is 2. The number of halogens is 1. The minimum atomic E-state index is -0.316. The molecule has 2 amide bonds. The van der Waals surface area contributed by atoms with Gasteiger partial charge in [-0.2, -0.15) is 5.11 Å². The first-order valence-electron chi connectivity index (χ1n) is 10.2. The topological polar surface area (TPSA) is 62.1 Å². The highest BCUT2D eigenvalue weighted by atomic mass is 19.1. The molecule has 4 rings (SSSR count). The molecule has 2 aromatic rings. The van der Waals surface area contributed by atoms with E-state index < -0.39 is 0 Å². The number of carbonyl (C=O) groups excluding carboxylic acids is 2. The summed E-state index contributed by atoms with van der Waals surface area (Å²) in [5.74, 6) is -0.610. The lowest BCUT2D eigenvalue weighted by molar-refractivity contribution is -0.115. The fourth-order valence-electron chi connectivity index (χ4n) is 4.15. The van der Waals surface area contributed by atoms with Crippen molar-refractivity contribution in [3.8, 4) is 11.1 Å². The van der Waals surface area contributed by atoms with E-state index in [2.05, 4.69) is 10.2 Å². The van der Waals surface area contributed by atoms with Gasteiger partial charge in [-0.05, 0) is 66.6 Å². The van der Waals surface area contributed by atoms with E-state index in [1.807, 2.05) is 6.07 Å². The van der Waals surface area contributed by atoms with Crippen LogP contribution in [0.25, 0.3) is 11.1 Å². The van der Waals surface area contributed by atoms with Crippen molar-refractivity contribution in [2.75, 3.05) is 14.1 Å². The molecule has 0 aromatic heterocycles. The van der Waals surface area contributed by atoms with Crippen molar-refractivity contribution in [3.05, 3.63) is 70.6 Å². The molecule has 6 heteroatoms. The second-order valence-electron chi connectivity index (χ2n) is 8.04. The number of amides is 2. The average molecular weight is 405 g/mol. The van der Waals surface area contributed by atoms with E-state index in [1.54, 1.807) is 44.4 Å². The molecule has 0 radical (unpaired) electrons.